The molecule has 0 saturated carbocycles. The number of benzene rings is 19. The highest BCUT2D eigenvalue weighted by Crippen LogP contribution is 2.67. The van der Waals surface area contributed by atoms with Crippen molar-refractivity contribution < 1.29 is 0 Å². The van der Waals surface area contributed by atoms with E-state index in [1.807, 2.05) is 0 Å². The van der Waals surface area contributed by atoms with Crippen LogP contribution in [0.25, 0.3) is 77.9 Å². The molecule has 0 amide bonds. The van der Waals surface area contributed by atoms with Crippen LogP contribution in [0.4, 0.5) is 68.2 Å². The Morgan fingerprint density at radius 1 is 0.176 bits per heavy atom. The molecule has 0 fully saturated rings. The highest BCUT2D eigenvalue weighted by molar-refractivity contribution is 7.03. The molecule has 4 heterocycles. The van der Waals surface area contributed by atoms with Gasteiger partial charge in [0.1, 0.15) is 0 Å². The molecule has 142 heavy (non-hydrogen) atoms. The average molecular weight is 1830 g/mol. The van der Waals surface area contributed by atoms with Gasteiger partial charge in [-0.05, 0) is 290 Å². The standard InChI is InChI=1S/C136H114B2N4/c1-130(2,3)91-51-40-52-96(78-91)139-120-84-121-115(83-114(120)137-112-65-36-38-67-118(112)141(116-71-69-92(131(4,5)6)81-106(116)85-43-20-16-21-44-85)124-75-87(73-122(139)128(124)137)98-57-41-59-104-102-55-30-32-61-108(102)135(126(98)104,89-47-24-18-25-48-89)90-49-26-19-27-50-90)138-113-66-37-39-68-119(113)142(117-72-70-93(132(7,8)9)82-107(117)86-45-22-17-23-46-86)125-76-88(74-123(129(125)138)140(121)97-79-94(133(10,11)12)77-95(80-97)134(13,14)15)99-58-42-60-105-103-56-31-35-64-111(103)136(127(99)105)109-62-33-28-53-100(109)101-54-29-34-63-110(101)136/h16-84H,1-15H3. The Kier molecular flexibility index (Phi) is 19.3. The number of hydrogen-bond acceptors (Lipinski definition) is 4. The third kappa shape index (κ3) is 12.8. The van der Waals surface area contributed by atoms with E-state index in [2.05, 4.69) is 542 Å². The molecule has 26 rings (SSSR count). The van der Waals surface area contributed by atoms with Crippen LogP contribution < -0.4 is 52.4 Å². The molecule has 7 aliphatic rings. The van der Waals surface area contributed by atoms with E-state index in [9.17, 15) is 0 Å². The third-order valence-electron chi connectivity index (χ3n) is 32.4. The molecule has 0 radical (unpaired) electrons. The van der Waals surface area contributed by atoms with Gasteiger partial charge in [-0.2, -0.15) is 0 Å². The molecular formula is C136H114B2N4. The zero-order chi connectivity index (χ0) is 96.7. The molecule has 0 unspecified atom stereocenters. The molecule has 19 aromatic rings. The molecule has 4 aliphatic heterocycles. The molecule has 4 nitrogen and oxygen atoms in total. The lowest BCUT2D eigenvalue weighted by Crippen LogP contribution is -2.65. The summed E-state index contributed by atoms with van der Waals surface area (Å²) >= 11 is 0. The number of rotatable bonds is 10. The second kappa shape index (κ2) is 31.5. The van der Waals surface area contributed by atoms with Crippen LogP contribution in [0, 0.1) is 0 Å². The Bertz CT molecular complexity index is 8330. The van der Waals surface area contributed by atoms with E-state index in [-0.39, 0.29) is 40.5 Å². The van der Waals surface area contributed by atoms with Crippen molar-refractivity contribution >= 4 is 114 Å². The molecule has 19 aromatic carbocycles. The summed E-state index contributed by atoms with van der Waals surface area (Å²) in [5, 5.41) is 0. The number of nitrogens with zero attached hydrogens (tertiary/aromatic N) is 4. The summed E-state index contributed by atoms with van der Waals surface area (Å²) < 4.78 is 0. The fourth-order valence-corrected chi connectivity index (χ4v) is 25.7. The second-order valence-corrected chi connectivity index (χ2v) is 45.8. The van der Waals surface area contributed by atoms with Crippen LogP contribution in [0.15, 0.2) is 419 Å². The van der Waals surface area contributed by atoms with Gasteiger partial charge in [-0.3, -0.25) is 0 Å². The van der Waals surface area contributed by atoms with E-state index in [4.69, 9.17) is 0 Å². The summed E-state index contributed by atoms with van der Waals surface area (Å²) in [6.07, 6.45) is 0. The summed E-state index contributed by atoms with van der Waals surface area (Å²) in [7, 11) is 0. The zero-order valence-corrected chi connectivity index (χ0v) is 83.8. The molecule has 3 aliphatic carbocycles. The zero-order valence-electron chi connectivity index (χ0n) is 83.8. The van der Waals surface area contributed by atoms with Crippen LogP contribution in [0.2, 0.25) is 0 Å². The Labute approximate surface area is 838 Å². The van der Waals surface area contributed by atoms with Crippen molar-refractivity contribution in [3.05, 3.63) is 491 Å². The van der Waals surface area contributed by atoms with Gasteiger partial charge < -0.3 is 19.6 Å². The van der Waals surface area contributed by atoms with Crippen LogP contribution in [-0.2, 0) is 37.9 Å². The first-order valence-corrected chi connectivity index (χ1v) is 51.0. The molecular weight excluding hydrogens is 1710 g/mol. The minimum absolute atomic E-state index is 0.162. The molecule has 0 bridgehead atoms. The molecule has 0 atom stereocenters. The maximum absolute atomic E-state index is 2.79. The number of hydrogen-bond donors (Lipinski definition) is 0. The number of fused-ring (bicyclic) bond motifs is 21. The summed E-state index contributed by atoms with van der Waals surface area (Å²) in [6, 6.07) is 164. The fourth-order valence-electron chi connectivity index (χ4n) is 25.7. The van der Waals surface area contributed by atoms with E-state index in [0.717, 1.165) is 84.9 Å². The first-order valence-electron chi connectivity index (χ1n) is 51.0. The second-order valence-electron chi connectivity index (χ2n) is 45.8. The van der Waals surface area contributed by atoms with Crippen LogP contribution in [-0.4, -0.2) is 13.4 Å². The lowest BCUT2D eigenvalue weighted by atomic mass is 9.30. The number of para-hydroxylation sites is 2. The van der Waals surface area contributed by atoms with Crippen LogP contribution in [0.1, 0.15) is 176 Å². The summed E-state index contributed by atoms with van der Waals surface area (Å²) in [5.41, 5.74) is 52.0. The lowest BCUT2D eigenvalue weighted by molar-refractivity contribution is 0.568. The van der Waals surface area contributed by atoms with Gasteiger partial charge in [0.25, 0.3) is 13.4 Å². The van der Waals surface area contributed by atoms with Crippen molar-refractivity contribution in [3.63, 3.8) is 0 Å². The molecule has 1 spiro atoms. The molecule has 0 saturated heterocycles. The Balaban J connectivity index is 0.825. The lowest BCUT2D eigenvalue weighted by Gasteiger charge is -2.48. The van der Waals surface area contributed by atoms with Gasteiger partial charge in [-0.15, -0.1) is 0 Å². The Morgan fingerprint density at radius 3 is 0.908 bits per heavy atom. The van der Waals surface area contributed by atoms with E-state index in [1.165, 1.54) is 166 Å². The van der Waals surface area contributed by atoms with Gasteiger partial charge in [0, 0.05) is 68.0 Å². The van der Waals surface area contributed by atoms with Crippen LogP contribution in [0.3, 0.4) is 0 Å². The van der Waals surface area contributed by atoms with Gasteiger partial charge in [0.05, 0.1) is 22.2 Å². The van der Waals surface area contributed by atoms with Crippen LogP contribution >= 0.6 is 0 Å². The van der Waals surface area contributed by atoms with Crippen molar-refractivity contribution in [2.24, 2.45) is 0 Å². The van der Waals surface area contributed by atoms with Crippen molar-refractivity contribution in [1.29, 1.82) is 0 Å². The number of anilines is 12. The summed E-state index contributed by atoms with van der Waals surface area (Å²) in [6.45, 7) is 35.1. The fraction of sp³-hybridized carbons (Fsp3) is 0.162. The summed E-state index contributed by atoms with van der Waals surface area (Å²) in [4.78, 5) is 11.0. The minimum atomic E-state index is -0.741. The minimum Gasteiger partial charge on any atom is -0.311 e. The normalized spacial score (nSPS) is 14.5. The van der Waals surface area contributed by atoms with Gasteiger partial charge in [-0.1, -0.05) is 431 Å². The van der Waals surface area contributed by atoms with Gasteiger partial charge in [0.15, 0.2) is 0 Å². The first-order chi connectivity index (χ1) is 68.6. The Morgan fingerprint density at radius 2 is 0.493 bits per heavy atom. The Hall–Kier alpha value is -15.5. The molecule has 0 N–H and O–H groups in total. The monoisotopic (exact) mass is 1820 g/mol. The topological polar surface area (TPSA) is 13.0 Å². The largest absolute Gasteiger partial charge is 0.311 e. The van der Waals surface area contributed by atoms with Gasteiger partial charge in [-0.25, -0.2) is 0 Å². The first kappa shape index (κ1) is 86.8. The summed E-state index contributed by atoms with van der Waals surface area (Å²) in [5.74, 6) is 0. The third-order valence-corrected chi connectivity index (χ3v) is 32.4. The highest BCUT2D eigenvalue weighted by Gasteiger charge is 2.56. The SMILES string of the molecule is CC(C)(C)c1cccc(N2c3cc4c(cc3B3c5ccccc5N(c5ccc(C(C)(C)C)cc5-c5ccccc5)c5cc(-c6cccc7c6C(c6ccccc6)(c6ccccc6)c6ccccc6-7)cc2c53)B2c3ccccc3N(c3ccc(C(C)(C)C)cc3-c3ccccc3)c3cc(-c5cccc6c5C5(c7ccccc7-c7ccccc75)c5ccccc5-6)cc(c32)N4c2cc(C(C)(C)C)cc(C(C)(C)C)c2)c1. The van der Waals surface area contributed by atoms with Crippen molar-refractivity contribution in [2.45, 2.75) is 142 Å². The predicted molar refractivity (Wildman–Crippen MR) is 603 cm³/mol. The molecule has 684 valence electrons. The quantitative estimate of drug-likeness (QED) is 0.127. The maximum Gasteiger partial charge on any atom is 0.252 e. The molecule has 6 heteroatoms. The maximum atomic E-state index is 2.79. The van der Waals surface area contributed by atoms with E-state index in [1.54, 1.807) is 0 Å². The van der Waals surface area contributed by atoms with Crippen molar-refractivity contribution in [3.8, 4) is 77.9 Å². The van der Waals surface area contributed by atoms with Gasteiger partial charge >= 0.3 is 0 Å². The van der Waals surface area contributed by atoms with E-state index >= 15 is 0 Å². The van der Waals surface area contributed by atoms with Crippen molar-refractivity contribution in [1.82, 2.24) is 0 Å². The molecule has 0 aromatic heterocycles. The van der Waals surface area contributed by atoms with E-state index < -0.39 is 10.8 Å². The van der Waals surface area contributed by atoms with Crippen LogP contribution in [0.5, 0.6) is 0 Å². The highest BCUT2D eigenvalue weighted by atomic mass is 15.2. The van der Waals surface area contributed by atoms with Gasteiger partial charge in [0.2, 0.25) is 0 Å². The van der Waals surface area contributed by atoms with E-state index in [0.29, 0.717) is 0 Å². The smallest absolute Gasteiger partial charge is 0.252 e. The predicted octanol–water partition coefficient (Wildman–Crippen LogP) is 31.7. The average Bonchev–Trinajstić information content (AvgIpc) is 1.40. The van der Waals surface area contributed by atoms with Crippen molar-refractivity contribution in [2.75, 3.05) is 19.6 Å².